The van der Waals surface area contributed by atoms with Crippen molar-refractivity contribution >= 4 is 22.5 Å². The van der Waals surface area contributed by atoms with Gasteiger partial charge in [0.25, 0.3) is 5.91 Å². The maximum atomic E-state index is 13.8. The van der Waals surface area contributed by atoms with Gasteiger partial charge in [0.2, 0.25) is 0 Å². The SMILES string of the molecule is CN1C2CCC1CC(n1cc(N(C(=O)c3ccccc3)n3cc(-c4n[nH]c5ccccc45)nn3)cn1)C2. The summed E-state index contributed by atoms with van der Waals surface area (Å²) in [7, 11) is 2.23. The highest BCUT2D eigenvalue weighted by Gasteiger charge is 2.39. The molecule has 10 heteroatoms. The van der Waals surface area contributed by atoms with E-state index in [0.717, 1.165) is 23.7 Å². The molecule has 5 aromatic rings. The molecular formula is C27H27N9O. The normalized spacial score (nSPS) is 21.5. The lowest BCUT2D eigenvalue weighted by molar-refractivity contribution is 0.0971. The molecule has 2 saturated heterocycles. The summed E-state index contributed by atoms with van der Waals surface area (Å²) < 4.78 is 2.03. The molecule has 2 unspecified atom stereocenters. The summed E-state index contributed by atoms with van der Waals surface area (Å²) in [5.41, 5.74) is 3.37. The predicted molar refractivity (Wildman–Crippen MR) is 139 cm³/mol. The van der Waals surface area contributed by atoms with Crippen molar-refractivity contribution < 1.29 is 4.79 Å². The first kappa shape index (κ1) is 21.9. The Morgan fingerprint density at radius 3 is 2.54 bits per heavy atom. The number of piperidine rings is 1. The number of rotatable bonds is 5. The number of nitrogens with one attached hydrogen (secondary N) is 1. The Bertz CT molecular complexity index is 1550. The van der Waals surface area contributed by atoms with Crippen molar-refractivity contribution in [1.29, 1.82) is 0 Å². The minimum atomic E-state index is -0.216. The van der Waals surface area contributed by atoms with E-state index in [-0.39, 0.29) is 5.91 Å². The summed E-state index contributed by atoms with van der Waals surface area (Å²) in [5, 5.41) is 23.4. The van der Waals surface area contributed by atoms with Crippen molar-refractivity contribution in [3.8, 4) is 11.4 Å². The Labute approximate surface area is 213 Å². The zero-order chi connectivity index (χ0) is 24.9. The molecule has 7 rings (SSSR count). The number of carbonyl (C=O) groups excluding carboxylic acids is 1. The van der Waals surface area contributed by atoms with Gasteiger partial charge in [-0.2, -0.15) is 20.0 Å². The van der Waals surface area contributed by atoms with E-state index < -0.39 is 0 Å². The number of amides is 1. The smallest absolute Gasteiger partial charge is 0.278 e. The molecule has 2 aromatic carbocycles. The topological polar surface area (TPSA) is 101 Å². The average molecular weight is 494 g/mol. The fraction of sp³-hybridized carbons (Fsp3) is 0.296. The fourth-order valence-corrected chi connectivity index (χ4v) is 5.89. The Morgan fingerprint density at radius 1 is 0.973 bits per heavy atom. The molecule has 2 aliphatic heterocycles. The number of nitrogens with zero attached hydrogens (tertiary/aromatic N) is 8. The number of aromatic amines is 1. The second kappa shape index (κ2) is 8.67. The van der Waals surface area contributed by atoms with Crippen LogP contribution in [-0.4, -0.2) is 65.0 Å². The summed E-state index contributed by atoms with van der Waals surface area (Å²) in [6.07, 6.45) is 10.1. The summed E-state index contributed by atoms with van der Waals surface area (Å²) in [6, 6.07) is 18.6. The molecule has 0 saturated carbocycles. The molecule has 0 radical (unpaired) electrons. The second-order valence-corrected chi connectivity index (χ2v) is 9.98. The van der Waals surface area contributed by atoms with E-state index in [4.69, 9.17) is 5.10 Å². The third-order valence-electron chi connectivity index (χ3n) is 7.89. The van der Waals surface area contributed by atoms with Gasteiger partial charge in [0.15, 0.2) is 0 Å². The standard InChI is InChI=1S/C27H27N9O/c1-33-19-11-12-20(33)14-21(13-19)34-16-22(15-28-34)36(27(37)18-7-3-2-4-8-18)35-17-25(30-32-35)26-23-9-5-6-10-24(23)29-31-26/h2-10,15-17,19-21H,11-14H2,1H3,(H,29,31). The maximum absolute atomic E-state index is 13.8. The lowest BCUT2D eigenvalue weighted by Crippen LogP contribution is -2.40. The molecule has 0 aliphatic carbocycles. The predicted octanol–water partition coefficient (Wildman–Crippen LogP) is 3.93. The van der Waals surface area contributed by atoms with Gasteiger partial charge < -0.3 is 4.90 Å². The second-order valence-electron chi connectivity index (χ2n) is 9.98. The lowest BCUT2D eigenvalue weighted by atomic mass is 9.98. The number of aromatic nitrogens is 7. The number of carbonyl (C=O) groups is 1. The number of benzene rings is 2. The average Bonchev–Trinajstić information content (AvgIpc) is 3.72. The number of hydrogen-bond acceptors (Lipinski definition) is 6. The van der Waals surface area contributed by atoms with Gasteiger partial charge in [0, 0.05) is 23.0 Å². The number of para-hydroxylation sites is 1. The Kier molecular flexibility index (Phi) is 5.14. The quantitative estimate of drug-likeness (QED) is 0.398. The molecule has 2 bridgehead atoms. The molecule has 3 aromatic heterocycles. The number of hydrogen-bond donors (Lipinski definition) is 1. The van der Waals surface area contributed by atoms with Crippen molar-refractivity contribution in [2.75, 3.05) is 12.1 Å². The van der Waals surface area contributed by atoms with Crippen molar-refractivity contribution in [2.24, 2.45) is 0 Å². The molecule has 2 atom stereocenters. The Balaban J connectivity index is 1.25. The first-order chi connectivity index (χ1) is 18.2. The molecule has 10 nitrogen and oxygen atoms in total. The van der Waals surface area contributed by atoms with Gasteiger partial charge >= 0.3 is 0 Å². The van der Waals surface area contributed by atoms with E-state index in [1.165, 1.54) is 22.6 Å². The van der Waals surface area contributed by atoms with Crippen LogP contribution in [0.4, 0.5) is 5.69 Å². The monoisotopic (exact) mass is 493 g/mol. The first-order valence-corrected chi connectivity index (χ1v) is 12.7. The molecule has 2 aliphatic rings. The van der Waals surface area contributed by atoms with Gasteiger partial charge in [0.1, 0.15) is 17.1 Å². The van der Waals surface area contributed by atoms with Gasteiger partial charge in [-0.05, 0) is 56.1 Å². The molecule has 1 N–H and O–H groups in total. The Hall–Kier alpha value is -4.31. The van der Waals surface area contributed by atoms with E-state index >= 15 is 0 Å². The fourth-order valence-electron chi connectivity index (χ4n) is 5.89. The van der Waals surface area contributed by atoms with Crippen LogP contribution in [0, 0.1) is 0 Å². The number of H-pyrrole nitrogens is 1. The summed E-state index contributed by atoms with van der Waals surface area (Å²) in [6.45, 7) is 0. The van der Waals surface area contributed by atoms with Gasteiger partial charge in [-0.1, -0.05) is 36.4 Å². The molecule has 2 fully saturated rings. The van der Waals surface area contributed by atoms with Crippen LogP contribution >= 0.6 is 0 Å². The van der Waals surface area contributed by atoms with Crippen LogP contribution in [0.3, 0.4) is 0 Å². The van der Waals surface area contributed by atoms with Crippen molar-refractivity contribution in [3.63, 3.8) is 0 Å². The largest absolute Gasteiger partial charge is 0.300 e. The highest BCUT2D eigenvalue weighted by atomic mass is 16.2. The molecule has 5 heterocycles. The van der Waals surface area contributed by atoms with E-state index in [0.29, 0.717) is 40.8 Å². The molecule has 37 heavy (non-hydrogen) atoms. The van der Waals surface area contributed by atoms with Crippen LogP contribution in [0.2, 0.25) is 0 Å². The molecule has 1 amide bonds. The van der Waals surface area contributed by atoms with Gasteiger partial charge in [-0.15, -0.1) is 5.10 Å². The molecule has 0 spiro atoms. The number of fused-ring (bicyclic) bond motifs is 3. The highest BCUT2D eigenvalue weighted by Crippen LogP contribution is 2.40. The van der Waals surface area contributed by atoms with Crippen molar-refractivity contribution in [3.05, 3.63) is 78.8 Å². The lowest BCUT2D eigenvalue weighted by Gasteiger charge is -2.36. The summed E-state index contributed by atoms with van der Waals surface area (Å²) >= 11 is 0. The third-order valence-corrected chi connectivity index (χ3v) is 7.89. The summed E-state index contributed by atoms with van der Waals surface area (Å²) in [4.78, 5) is 17.8. The molecular weight excluding hydrogens is 466 g/mol. The van der Waals surface area contributed by atoms with E-state index in [2.05, 4.69) is 32.5 Å². The van der Waals surface area contributed by atoms with E-state index in [1.807, 2.05) is 53.3 Å². The van der Waals surface area contributed by atoms with Crippen LogP contribution < -0.4 is 5.01 Å². The van der Waals surface area contributed by atoms with E-state index in [9.17, 15) is 4.79 Å². The van der Waals surface area contributed by atoms with Crippen LogP contribution in [-0.2, 0) is 0 Å². The Morgan fingerprint density at radius 2 is 1.73 bits per heavy atom. The third kappa shape index (κ3) is 3.72. The maximum Gasteiger partial charge on any atom is 0.278 e. The zero-order valence-electron chi connectivity index (χ0n) is 20.5. The molecule has 186 valence electrons. The van der Waals surface area contributed by atoms with Crippen LogP contribution in [0.15, 0.2) is 73.2 Å². The minimum absolute atomic E-state index is 0.216. The first-order valence-electron chi connectivity index (χ1n) is 12.7. The zero-order valence-corrected chi connectivity index (χ0v) is 20.5. The van der Waals surface area contributed by atoms with Crippen molar-refractivity contribution in [2.45, 2.75) is 43.8 Å². The van der Waals surface area contributed by atoms with Gasteiger partial charge in [-0.25, -0.2) is 0 Å². The van der Waals surface area contributed by atoms with E-state index in [1.54, 1.807) is 24.5 Å². The number of anilines is 1. The van der Waals surface area contributed by atoms with Crippen LogP contribution in [0.25, 0.3) is 22.3 Å². The van der Waals surface area contributed by atoms with Crippen LogP contribution in [0.5, 0.6) is 0 Å². The van der Waals surface area contributed by atoms with Crippen LogP contribution in [0.1, 0.15) is 42.1 Å². The minimum Gasteiger partial charge on any atom is -0.300 e. The summed E-state index contributed by atoms with van der Waals surface area (Å²) in [5.74, 6) is -0.216. The van der Waals surface area contributed by atoms with Gasteiger partial charge in [-0.3, -0.25) is 14.6 Å². The van der Waals surface area contributed by atoms with Crippen molar-refractivity contribution in [1.82, 2.24) is 40.0 Å². The highest BCUT2D eigenvalue weighted by molar-refractivity contribution is 6.05. The van der Waals surface area contributed by atoms with Gasteiger partial charge in [0.05, 0.1) is 30.1 Å².